The second kappa shape index (κ2) is 9.82. The van der Waals surface area contributed by atoms with Gasteiger partial charge >= 0.3 is 12.2 Å². The Morgan fingerprint density at radius 3 is 2.52 bits per heavy atom. The monoisotopic (exact) mass is 367 g/mol. The van der Waals surface area contributed by atoms with Gasteiger partial charge in [0.15, 0.2) is 0 Å². The van der Waals surface area contributed by atoms with E-state index < -0.39 is 18.2 Å². The van der Waals surface area contributed by atoms with Crippen LogP contribution in [-0.4, -0.2) is 18.3 Å². The van der Waals surface area contributed by atoms with Gasteiger partial charge in [0, 0.05) is 11.8 Å². The summed E-state index contributed by atoms with van der Waals surface area (Å²) in [5.74, 6) is 0.221. The second-order valence-corrected chi connectivity index (χ2v) is 5.78. The summed E-state index contributed by atoms with van der Waals surface area (Å²) in [6.45, 7) is 3.71. The first kappa shape index (κ1) is 19.8. The Morgan fingerprint density at radius 2 is 1.85 bits per heavy atom. The predicted octanol–water partition coefficient (Wildman–Crippen LogP) is 4.39. The fourth-order valence-corrected chi connectivity index (χ4v) is 2.14. The van der Waals surface area contributed by atoms with Crippen LogP contribution in [0.15, 0.2) is 54.6 Å². The van der Waals surface area contributed by atoms with Crippen LogP contribution in [0.5, 0.6) is 5.75 Å². The van der Waals surface area contributed by atoms with E-state index in [9.17, 15) is 14.9 Å². The molecule has 2 aromatic rings. The van der Waals surface area contributed by atoms with Crippen molar-refractivity contribution in [3.05, 3.63) is 60.2 Å². The van der Waals surface area contributed by atoms with Gasteiger partial charge in [0.05, 0.1) is 6.07 Å². The molecule has 2 N–H and O–H groups in total. The van der Waals surface area contributed by atoms with Crippen LogP contribution in [0.3, 0.4) is 0 Å². The lowest BCUT2D eigenvalue weighted by Crippen LogP contribution is -2.30. The molecule has 7 nitrogen and oxygen atoms in total. The Hall–Kier alpha value is -3.53. The van der Waals surface area contributed by atoms with Gasteiger partial charge in [-0.1, -0.05) is 43.3 Å². The minimum atomic E-state index is -0.828. The van der Waals surface area contributed by atoms with Crippen LogP contribution in [0.2, 0.25) is 0 Å². The van der Waals surface area contributed by atoms with Gasteiger partial charge in [0.1, 0.15) is 17.9 Å². The molecule has 2 amide bonds. The maximum absolute atomic E-state index is 12.1. The third-order valence-corrected chi connectivity index (χ3v) is 3.70. The summed E-state index contributed by atoms with van der Waals surface area (Å²) >= 11 is 0. The van der Waals surface area contributed by atoms with E-state index >= 15 is 0 Å². The number of hydrogen-bond acceptors (Lipinski definition) is 5. The molecular formula is C20H21N3O4. The van der Waals surface area contributed by atoms with E-state index in [0.29, 0.717) is 17.7 Å². The zero-order valence-electron chi connectivity index (χ0n) is 15.1. The zero-order valence-corrected chi connectivity index (χ0v) is 15.1. The van der Waals surface area contributed by atoms with Crippen molar-refractivity contribution in [2.75, 3.05) is 5.32 Å². The Labute approximate surface area is 157 Å². The third kappa shape index (κ3) is 6.36. The van der Waals surface area contributed by atoms with Gasteiger partial charge in [-0.15, -0.1) is 0 Å². The number of carbonyl (C=O) groups is 2. The molecule has 0 radical (unpaired) electrons. The number of ether oxygens (including phenoxy) is 2. The summed E-state index contributed by atoms with van der Waals surface area (Å²) in [5.41, 5.74) is 1.08. The van der Waals surface area contributed by atoms with E-state index in [1.165, 1.54) is 6.07 Å². The highest BCUT2D eigenvalue weighted by Gasteiger charge is 2.15. The Bertz CT molecular complexity index is 817. The van der Waals surface area contributed by atoms with Crippen molar-refractivity contribution in [2.24, 2.45) is 0 Å². The van der Waals surface area contributed by atoms with Crippen molar-refractivity contribution >= 4 is 17.9 Å². The van der Waals surface area contributed by atoms with E-state index in [1.807, 2.05) is 19.1 Å². The molecule has 0 fully saturated rings. The van der Waals surface area contributed by atoms with Gasteiger partial charge in [-0.3, -0.25) is 5.32 Å². The summed E-state index contributed by atoms with van der Waals surface area (Å²) in [4.78, 5) is 23.8. The number of nitrogens with zero attached hydrogens (tertiary/aromatic N) is 1. The van der Waals surface area contributed by atoms with Gasteiger partial charge in [0.2, 0.25) is 0 Å². The quantitative estimate of drug-likeness (QED) is 0.789. The average Bonchev–Trinajstić information content (AvgIpc) is 2.66. The van der Waals surface area contributed by atoms with Crippen molar-refractivity contribution in [3.63, 3.8) is 0 Å². The number of benzene rings is 2. The highest BCUT2D eigenvalue weighted by molar-refractivity contribution is 5.85. The molecule has 140 valence electrons. The predicted molar refractivity (Wildman–Crippen MR) is 100 cm³/mol. The molecule has 0 saturated carbocycles. The first-order valence-electron chi connectivity index (χ1n) is 8.52. The van der Waals surface area contributed by atoms with Crippen LogP contribution in [0.4, 0.5) is 15.3 Å². The molecule has 0 aliphatic carbocycles. The van der Waals surface area contributed by atoms with Gasteiger partial charge in [-0.2, -0.15) is 5.26 Å². The molecule has 27 heavy (non-hydrogen) atoms. The number of nitriles is 1. The number of amides is 2. The SMILES string of the molecule is CCC(C)OC(=O)Nc1cccc(OC(=O)NC(C#N)c2ccccc2)c1. The number of rotatable bonds is 6. The fourth-order valence-electron chi connectivity index (χ4n) is 2.14. The number of nitrogens with one attached hydrogen (secondary N) is 2. The summed E-state index contributed by atoms with van der Waals surface area (Å²) in [5, 5.41) is 14.3. The molecule has 2 rings (SSSR count). The summed E-state index contributed by atoms with van der Waals surface area (Å²) in [7, 11) is 0. The highest BCUT2D eigenvalue weighted by Crippen LogP contribution is 2.19. The lowest BCUT2D eigenvalue weighted by atomic mass is 10.1. The third-order valence-electron chi connectivity index (χ3n) is 3.70. The van der Waals surface area contributed by atoms with Crippen LogP contribution in [0, 0.1) is 11.3 Å². The van der Waals surface area contributed by atoms with E-state index in [2.05, 4.69) is 10.6 Å². The largest absolute Gasteiger partial charge is 0.446 e. The standard InChI is InChI=1S/C20H21N3O4/c1-3-14(2)26-19(24)22-16-10-7-11-17(12-16)27-20(25)23-18(13-21)15-8-5-4-6-9-15/h4-12,14,18H,3H2,1-2H3,(H,22,24)(H,23,25). The first-order valence-corrected chi connectivity index (χ1v) is 8.52. The van der Waals surface area contributed by atoms with Crippen LogP contribution < -0.4 is 15.4 Å². The van der Waals surface area contributed by atoms with Crippen LogP contribution in [-0.2, 0) is 4.74 Å². The van der Waals surface area contributed by atoms with Crippen molar-refractivity contribution in [1.29, 1.82) is 5.26 Å². The molecule has 2 aromatic carbocycles. The normalized spacial score (nSPS) is 12.2. The molecule has 7 heteroatoms. The van der Waals surface area contributed by atoms with Gasteiger partial charge in [-0.25, -0.2) is 9.59 Å². The number of hydrogen-bond donors (Lipinski definition) is 2. The average molecular weight is 367 g/mol. The van der Waals surface area contributed by atoms with Crippen molar-refractivity contribution < 1.29 is 19.1 Å². The summed E-state index contributed by atoms with van der Waals surface area (Å²) in [6.07, 6.45) is -0.849. The fraction of sp³-hybridized carbons (Fsp3) is 0.250. The molecule has 0 saturated heterocycles. The van der Waals surface area contributed by atoms with E-state index in [4.69, 9.17) is 9.47 Å². The van der Waals surface area contributed by atoms with Gasteiger partial charge < -0.3 is 14.8 Å². The van der Waals surface area contributed by atoms with Crippen molar-refractivity contribution in [2.45, 2.75) is 32.4 Å². The lowest BCUT2D eigenvalue weighted by molar-refractivity contribution is 0.118. The summed E-state index contributed by atoms with van der Waals surface area (Å²) in [6, 6.07) is 16.4. The van der Waals surface area contributed by atoms with Crippen molar-refractivity contribution in [1.82, 2.24) is 5.32 Å². The molecule has 0 aliphatic heterocycles. The van der Waals surface area contributed by atoms with Crippen LogP contribution >= 0.6 is 0 Å². The topological polar surface area (TPSA) is 100 Å². The summed E-state index contributed by atoms with van der Waals surface area (Å²) < 4.78 is 10.3. The van der Waals surface area contributed by atoms with E-state index in [-0.39, 0.29) is 11.9 Å². The molecule has 0 spiro atoms. The number of anilines is 1. The minimum absolute atomic E-state index is 0.198. The number of carbonyl (C=O) groups excluding carboxylic acids is 2. The maximum Gasteiger partial charge on any atom is 0.413 e. The highest BCUT2D eigenvalue weighted by atomic mass is 16.6. The second-order valence-electron chi connectivity index (χ2n) is 5.78. The van der Waals surface area contributed by atoms with E-state index in [0.717, 1.165) is 0 Å². The minimum Gasteiger partial charge on any atom is -0.446 e. The molecular weight excluding hydrogens is 346 g/mol. The molecule has 2 atom stereocenters. The molecule has 0 aliphatic rings. The Balaban J connectivity index is 1.96. The molecule has 0 aromatic heterocycles. The molecule has 2 unspecified atom stereocenters. The molecule has 0 heterocycles. The van der Waals surface area contributed by atoms with E-state index in [1.54, 1.807) is 49.4 Å². The Kier molecular flexibility index (Phi) is 7.20. The first-order chi connectivity index (χ1) is 13.0. The zero-order chi connectivity index (χ0) is 19.6. The van der Waals surface area contributed by atoms with Crippen molar-refractivity contribution in [3.8, 4) is 11.8 Å². The lowest BCUT2D eigenvalue weighted by Gasteiger charge is -2.13. The maximum atomic E-state index is 12.1. The van der Waals surface area contributed by atoms with Crippen LogP contribution in [0.25, 0.3) is 0 Å². The molecule has 0 bridgehead atoms. The smallest absolute Gasteiger partial charge is 0.413 e. The van der Waals surface area contributed by atoms with Gasteiger partial charge in [0.25, 0.3) is 0 Å². The van der Waals surface area contributed by atoms with Crippen LogP contribution in [0.1, 0.15) is 31.9 Å². The Morgan fingerprint density at radius 1 is 1.11 bits per heavy atom. The van der Waals surface area contributed by atoms with Gasteiger partial charge in [-0.05, 0) is 31.0 Å².